The molecule has 0 bridgehead atoms. The molecule has 0 amide bonds. The van der Waals surface area contributed by atoms with Gasteiger partial charge in [-0.3, -0.25) is 9.69 Å². The molecule has 18 heavy (non-hydrogen) atoms. The van der Waals surface area contributed by atoms with Crippen LogP contribution in [0.1, 0.15) is 32.6 Å². The topological polar surface area (TPSA) is 61.8 Å². The Balaban J connectivity index is 2.01. The van der Waals surface area contributed by atoms with Gasteiger partial charge in [0.1, 0.15) is 5.54 Å². The van der Waals surface area contributed by atoms with E-state index in [1.54, 1.807) is 7.05 Å². The molecule has 1 aliphatic carbocycles. The smallest absolute Gasteiger partial charge is 0.323 e. The minimum Gasteiger partial charge on any atom is -0.480 e. The second-order valence-electron chi connectivity index (χ2n) is 5.56. The quantitative estimate of drug-likeness (QED) is 0.778. The first kappa shape index (κ1) is 13.8. The van der Waals surface area contributed by atoms with Crippen molar-refractivity contribution >= 4 is 5.97 Å². The van der Waals surface area contributed by atoms with E-state index in [9.17, 15) is 9.90 Å². The minimum absolute atomic E-state index is 0.252. The average Bonchev–Trinajstić information content (AvgIpc) is 2.68. The number of likely N-dealkylation sites (N-methyl/N-ethyl adjacent to an activating group) is 1. The first-order valence-corrected chi connectivity index (χ1v) is 6.85. The van der Waals surface area contributed by atoms with Crippen LogP contribution in [0.2, 0.25) is 0 Å². The Labute approximate surface area is 108 Å². The Morgan fingerprint density at radius 2 is 2.33 bits per heavy atom. The van der Waals surface area contributed by atoms with E-state index in [4.69, 9.17) is 4.74 Å². The highest BCUT2D eigenvalue weighted by molar-refractivity contribution is 5.79. The third-order valence-electron chi connectivity index (χ3n) is 4.38. The Morgan fingerprint density at radius 3 is 2.94 bits per heavy atom. The van der Waals surface area contributed by atoms with Crippen LogP contribution in [0.25, 0.3) is 0 Å². The molecule has 1 aliphatic heterocycles. The lowest BCUT2D eigenvalue weighted by Gasteiger charge is -2.30. The summed E-state index contributed by atoms with van der Waals surface area (Å²) in [5.74, 6) is -0.716. The molecule has 5 nitrogen and oxygen atoms in total. The standard InChI is InChI=1S/C13H24N2O3/c1-10-9-15(6-3-7-18-10)11-4-5-13(8-11,14-2)12(16)17/h10-11,14H,3-9H2,1-2H3,(H,16,17). The summed E-state index contributed by atoms with van der Waals surface area (Å²) < 4.78 is 5.64. The van der Waals surface area contributed by atoms with Gasteiger partial charge in [0, 0.05) is 25.7 Å². The SMILES string of the molecule is CNC1(C(=O)O)CCC(N2CCCOC(C)C2)C1. The maximum Gasteiger partial charge on any atom is 0.323 e. The first-order valence-electron chi connectivity index (χ1n) is 6.85. The average molecular weight is 256 g/mol. The molecule has 1 saturated heterocycles. The summed E-state index contributed by atoms with van der Waals surface area (Å²) >= 11 is 0. The maximum absolute atomic E-state index is 11.4. The summed E-state index contributed by atoms with van der Waals surface area (Å²) in [7, 11) is 1.75. The number of hydrogen-bond acceptors (Lipinski definition) is 4. The van der Waals surface area contributed by atoms with Crippen LogP contribution in [-0.2, 0) is 9.53 Å². The van der Waals surface area contributed by atoms with Gasteiger partial charge < -0.3 is 15.2 Å². The normalized spacial score (nSPS) is 38.6. The molecule has 1 heterocycles. The van der Waals surface area contributed by atoms with E-state index < -0.39 is 11.5 Å². The molecule has 2 rings (SSSR count). The monoisotopic (exact) mass is 256 g/mol. The van der Waals surface area contributed by atoms with Gasteiger partial charge in [0.25, 0.3) is 0 Å². The molecule has 104 valence electrons. The number of ether oxygens (including phenoxy) is 1. The van der Waals surface area contributed by atoms with Crippen LogP contribution in [0.4, 0.5) is 0 Å². The van der Waals surface area contributed by atoms with Crippen LogP contribution in [0.5, 0.6) is 0 Å². The van der Waals surface area contributed by atoms with Gasteiger partial charge in [-0.05, 0) is 39.7 Å². The number of nitrogens with zero attached hydrogens (tertiary/aromatic N) is 1. The highest BCUT2D eigenvalue weighted by Crippen LogP contribution is 2.33. The van der Waals surface area contributed by atoms with Crippen LogP contribution < -0.4 is 5.32 Å². The fraction of sp³-hybridized carbons (Fsp3) is 0.923. The van der Waals surface area contributed by atoms with E-state index in [0.717, 1.165) is 39.0 Å². The maximum atomic E-state index is 11.4. The van der Waals surface area contributed by atoms with Crippen LogP contribution in [0.3, 0.4) is 0 Å². The summed E-state index contributed by atoms with van der Waals surface area (Å²) in [4.78, 5) is 13.8. The highest BCUT2D eigenvalue weighted by Gasteiger charge is 2.46. The van der Waals surface area contributed by atoms with Crippen LogP contribution in [-0.4, -0.2) is 60.4 Å². The second-order valence-corrected chi connectivity index (χ2v) is 5.56. The zero-order valence-corrected chi connectivity index (χ0v) is 11.3. The highest BCUT2D eigenvalue weighted by atomic mass is 16.5. The fourth-order valence-electron chi connectivity index (χ4n) is 3.22. The number of carbonyl (C=O) groups is 1. The van der Waals surface area contributed by atoms with Crippen molar-refractivity contribution in [2.24, 2.45) is 0 Å². The molecule has 3 atom stereocenters. The molecular formula is C13H24N2O3. The van der Waals surface area contributed by atoms with Crippen molar-refractivity contribution in [3.05, 3.63) is 0 Å². The Hall–Kier alpha value is -0.650. The van der Waals surface area contributed by atoms with Gasteiger partial charge in [-0.1, -0.05) is 0 Å². The Bertz CT molecular complexity index is 311. The molecular weight excluding hydrogens is 232 g/mol. The molecule has 5 heteroatoms. The zero-order chi connectivity index (χ0) is 13.2. The Morgan fingerprint density at radius 1 is 1.56 bits per heavy atom. The van der Waals surface area contributed by atoms with Gasteiger partial charge >= 0.3 is 5.97 Å². The summed E-state index contributed by atoms with van der Waals surface area (Å²) in [6.07, 6.45) is 3.67. The minimum atomic E-state index is -0.721. The molecule has 3 unspecified atom stereocenters. The van der Waals surface area contributed by atoms with Gasteiger partial charge in [0.15, 0.2) is 0 Å². The van der Waals surface area contributed by atoms with E-state index in [1.807, 2.05) is 0 Å². The van der Waals surface area contributed by atoms with Gasteiger partial charge in [-0.2, -0.15) is 0 Å². The van der Waals surface area contributed by atoms with Crippen molar-refractivity contribution in [1.29, 1.82) is 0 Å². The van der Waals surface area contributed by atoms with Crippen LogP contribution in [0.15, 0.2) is 0 Å². The molecule has 0 aromatic rings. The lowest BCUT2D eigenvalue weighted by molar-refractivity contribution is -0.144. The summed E-state index contributed by atoms with van der Waals surface area (Å²) in [5.41, 5.74) is -0.721. The van der Waals surface area contributed by atoms with Crippen LogP contribution in [0, 0.1) is 0 Å². The fourth-order valence-corrected chi connectivity index (χ4v) is 3.22. The van der Waals surface area contributed by atoms with Crippen molar-refractivity contribution in [2.75, 3.05) is 26.7 Å². The molecule has 0 aromatic heterocycles. The van der Waals surface area contributed by atoms with E-state index in [0.29, 0.717) is 12.5 Å². The lowest BCUT2D eigenvalue weighted by Crippen LogP contribution is -2.50. The number of carboxylic acids is 1. The van der Waals surface area contributed by atoms with Crippen molar-refractivity contribution in [3.8, 4) is 0 Å². The summed E-state index contributed by atoms with van der Waals surface area (Å²) in [5, 5.41) is 12.4. The van der Waals surface area contributed by atoms with Crippen molar-refractivity contribution in [3.63, 3.8) is 0 Å². The summed E-state index contributed by atoms with van der Waals surface area (Å²) in [6.45, 7) is 4.86. The van der Waals surface area contributed by atoms with Gasteiger partial charge in [-0.25, -0.2) is 0 Å². The number of nitrogens with one attached hydrogen (secondary N) is 1. The van der Waals surface area contributed by atoms with Crippen molar-refractivity contribution < 1.29 is 14.6 Å². The molecule has 0 aromatic carbocycles. The third-order valence-corrected chi connectivity index (χ3v) is 4.38. The Kier molecular flexibility index (Phi) is 4.25. The molecule has 2 fully saturated rings. The first-order chi connectivity index (χ1) is 8.57. The van der Waals surface area contributed by atoms with E-state index in [-0.39, 0.29) is 6.10 Å². The summed E-state index contributed by atoms with van der Waals surface area (Å²) in [6, 6.07) is 0.373. The zero-order valence-electron chi connectivity index (χ0n) is 11.3. The van der Waals surface area contributed by atoms with E-state index in [1.165, 1.54) is 0 Å². The number of hydrogen-bond donors (Lipinski definition) is 2. The molecule has 2 N–H and O–H groups in total. The van der Waals surface area contributed by atoms with Crippen molar-refractivity contribution in [2.45, 2.75) is 50.3 Å². The van der Waals surface area contributed by atoms with Crippen LogP contribution >= 0.6 is 0 Å². The van der Waals surface area contributed by atoms with Gasteiger partial charge in [0.05, 0.1) is 6.10 Å². The lowest BCUT2D eigenvalue weighted by atomic mass is 9.97. The van der Waals surface area contributed by atoms with Gasteiger partial charge in [-0.15, -0.1) is 0 Å². The number of aliphatic carboxylic acids is 1. The molecule has 0 spiro atoms. The molecule has 1 saturated carbocycles. The second kappa shape index (κ2) is 5.55. The molecule has 2 aliphatic rings. The third kappa shape index (κ3) is 2.68. The largest absolute Gasteiger partial charge is 0.480 e. The number of rotatable bonds is 3. The van der Waals surface area contributed by atoms with E-state index in [2.05, 4.69) is 17.1 Å². The predicted molar refractivity (Wildman–Crippen MR) is 68.7 cm³/mol. The van der Waals surface area contributed by atoms with Crippen molar-refractivity contribution in [1.82, 2.24) is 10.2 Å². The van der Waals surface area contributed by atoms with Gasteiger partial charge in [0.2, 0.25) is 0 Å². The predicted octanol–water partition coefficient (Wildman–Crippen LogP) is 0.693. The number of carboxylic acid groups (broad SMARTS) is 1. The molecule has 0 radical (unpaired) electrons. The van der Waals surface area contributed by atoms with E-state index >= 15 is 0 Å².